The molecule has 5 nitrogen and oxygen atoms in total. The first-order valence-electron chi connectivity index (χ1n) is 5.49. The van der Waals surface area contributed by atoms with Crippen molar-refractivity contribution in [3.05, 3.63) is 35.4 Å². The molecule has 1 atom stereocenters. The number of hydrogen-bond acceptors (Lipinski definition) is 3. The highest BCUT2D eigenvalue weighted by molar-refractivity contribution is 5.96. The number of hydrogen-bond donors (Lipinski definition) is 2. The van der Waals surface area contributed by atoms with Gasteiger partial charge in [0.15, 0.2) is 0 Å². The van der Waals surface area contributed by atoms with Crippen molar-refractivity contribution in [3.63, 3.8) is 0 Å². The molecule has 0 aliphatic carbocycles. The van der Waals surface area contributed by atoms with Crippen molar-refractivity contribution < 1.29 is 14.7 Å². The minimum absolute atomic E-state index is 0.217. The Balaban J connectivity index is 2.87. The largest absolute Gasteiger partial charge is 0.480 e. The number of carbonyl (C=O) groups excluding carboxylic acids is 1. The minimum Gasteiger partial charge on any atom is -0.480 e. The maximum atomic E-state index is 11.8. The first-order valence-corrected chi connectivity index (χ1v) is 5.49. The molecule has 94 valence electrons. The van der Waals surface area contributed by atoms with Crippen LogP contribution in [0, 0.1) is 17.2 Å². The average Bonchev–Trinajstić information content (AvgIpc) is 2.34. The minimum atomic E-state index is -1.07. The average molecular weight is 246 g/mol. The third-order valence-corrected chi connectivity index (χ3v) is 2.47. The van der Waals surface area contributed by atoms with Crippen molar-refractivity contribution in [1.29, 1.82) is 5.26 Å². The fraction of sp³-hybridized carbons (Fsp3) is 0.308. The number of carboxylic acids is 1. The summed E-state index contributed by atoms with van der Waals surface area (Å²) in [6.45, 7) is 3.43. The summed E-state index contributed by atoms with van der Waals surface area (Å²) in [6, 6.07) is 7.10. The molecule has 0 heterocycles. The number of benzene rings is 1. The van der Waals surface area contributed by atoms with Gasteiger partial charge in [-0.15, -0.1) is 0 Å². The van der Waals surface area contributed by atoms with Crippen molar-refractivity contribution in [1.82, 2.24) is 5.32 Å². The molecule has 0 fully saturated rings. The van der Waals surface area contributed by atoms with Crippen molar-refractivity contribution in [2.24, 2.45) is 5.92 Å². The van der Waals surface area contributed by atoms with Crippen LogP contribution in [-0.4, -0.2) is 23.0 Å². The number of nitrogens with zero attached hydrogens (tertiary/aromatic N) is 1. The maximum Gasteiger partial charge on any atom is 0.326 e. The van der Waals surface area contributed by atoms with E-state index in [2.05, 4.69) is 5.32 Å². The molecule has 1 aromatic rings. The summed E-state index contributed by atoms with van der Waals surface area (Å²) in [5, 5.41) is 20.1. The Hall–Kier alpha value is -2.35. The van der Waals surface area contributed by atoms with Gasteiger partial charge in [0.05, 0.1) is 11.6 Å². The molecule has 1 amide bonds. The molecule has 0 radical (unpaired) electrons. The standard InChI is InChI=1S/C13H14N2O3/c1-8(2)11(13(17)18)15-12(16)10-5-3-4-9(6-10)7-14/h3-6,8,11H,1-2H3,(H,15,16)(H,17,18)/t11-/m1/s1. The van der Waals surface area contributed by atoms with Crippen LogP contribution in [0.1, 0.15) is 29.8 Å². The lowest BCUT2D eigenvalue weighted by Gasteiger charge is -2.17. The maximum absolute atomic E-state index is 11.8. The van der Waals surface area contributed by atoms with Gasteiger partial charge in [0.25, 0.3) is 5.91 Å². The van der Waals surface area contributed by atoms with Crippen LogP contribution in [0.2, 0.25) is 0 Å². The SMILES string of the molecule is CC(C)[C@@H](NC(=O)c1cccc(C#N)c1)C(=O)O. The lowest BCUT2D eigenvalue weighted by atomic mass is 10.0. The zero-order chi connectivity index (χ0) is 13.7. The van der Waals surface area contributed by atoms with Gasteiger partial charge in [0.1, 0.15) is 6.04 Å². The quantitative estimate of drug-likeness (QED) is 0.840. The van der Waals surface area contributed by atoms with E-state index in [0.717, 1.165) is 0 Å². The Kier molecular flexibility index (Phi) is 4.44. The molecule has 0 saturated carbocycles. The van der Waals surface area contributed by atoms with Crippen molar-refractivity contribution in [2.75, 3.05) is 0 Å². The van der Waals surface area contributed by atoms with E-state index in [1.54, 1.807) is 26.0 Å². The Morgan fingerprint density at radius 3 is 2.56 bits per heavy atom. The summed E-state index contributed by atoms with van der Waals surface area (Å²) < 4.78 is 0. The molecular weight excluding hydrogens is 232 g/mol. The third kappa shape index (κ3) is 3.32. The molecule has 1 aromatic carbocycles. The van der Waals surface area contributed by atoms with Gasteiger partial charge in [-0.3, -0.25) is 4.79 Å². The Morgan fingerprint density at radius 1 is 1.39 bits per heavy atom. The molecule has 1 rings (SSSR count). The van der Waals surface area contributed by atoms with Gasteiger partial charge in [-0.1, -0.05) is 19.9 Å². The van der Waals surface area contributed by atoms with Crippen LogP contribution in [0.25, 0.3) is 0 Å². The van der Waals surface area contributed by atoms with E-state index < -0.39 is 17.9 Å². The summed E-state index contributed by atoms with van der Waals surface area (Å²) >= 11 is 0. The Labute approximate surface area is 105 Å². The second-order valence-electron chi connectivity index (χ2n) is 4.23. The molecule has 0 spiro atoms. The van der Waals surface area contributed by atoms with Crippen molar-refractivity contribution >= 4 is 11.9 Å². The van der Waals surface area contributed by atoms with Gasteiger partial charge in [0, 0.05) is 5.56 Å². The second kappa shape index (κ2) is 5.82. The van der Waals surface area contributed by atoms with Crippen LogP contribution in [0.15, 0.2) is 24.3 Å². The van der Waals surface area contributed by atoms with E-state index in [4.69, 9.17) is 10.4 Å². The zero-order valence-corrected chi connectivity index (χ0v) is 10.2. The number of amides is 1. The first-order chi connectivity index (χ1) is 8.45. The van der Waals surface area contributed by atoms with Crippen LogP contribution in [0.5, 0.6) is 0 Å². The summed E-state index contributed by atoms with van der Waals surface area (Å²) in [6.07, 6.45) is 0. The Bertz CT molecular complexity index is 503. The summed E-state index contributed by atoms with van der Waals surface area (Å²) in [4.78, 5) is 22.8. The number of nitriles is 1. The molecular formula is C13H14N2O3. The number of aliphatic carboxylic acids is 1. The lowest BCUT2D eigenvalue weighted by molar-refractivity contribution is -0.140. The molecule has 0 aliphatic rings. The predicted molar refractivity (Wildman–Crippen MR) is 64.9 cm³/mol. The molecule has 0 aromatic heterocycles. The second-order valence-corrected chi connectivity index (χ2v) is 4.23. The van der Waals surface area contributed by atoms with E-state index in [1.165, 1.54) is 12.1 Å². The third-order valence-electron chi connectivity index (χ3n) is 2.47. The summed E-state index contributed by atoms with van der Waals surface area (Å²) in [5.41, 5.74) is 0.639. The topological polar surface area (TPSA) is 90.2 Å². The highest BCUT2D eigenvalue weighted by Crippen LogP contribution is 2.07. The van der Waals surface area contributed by atoms with Crippen LogP contribution in [0.4, 0.5) is 0 Å². The van der Waals surface area contributed by atoms with E-state index in [-0.39, 0.29) is 11.5 Å². The van der Waals surface area contributed by atoms with Gasteiger partial charge in [-0.05, 0) is 24.1 Å². The van der Waals surface area contributed by atoms with Crippen LogP contribution >= 0.6 is 0 Å². The Morgan fingerprint density at radius 2 is 2.06 bits per heavy atom. The summed E-state index contributed by atoms with van der Waals surface area (Å²) in [7, 11) is 0. The van der Waals surface area contributed by atoms with Crippen molar-refractivity contribution in [3.8, 4) is 6.07 Å². The van der Waals surface area contributed by atoms with E-state index in [9.17, 15) is 9.59 Å². The monoisotopic (exact) mass is 246 g/mol. The molecule has 0 saturated heterocycles. The highest BCUT2D eigenvalue weighted by atomic mass is 16.4. The number of nitrogens with one attached hydrogen (secondary N) is 1. The molecule has 2 N–H and O–H groups in total. The van der Waals surface area contributed by atoms with E-state index >= 15 is 0 Å². The fourth-order valence-electron chi connectivity index (χ4n) is 1.47. The molecule has 0 bridgehead atoms. The lowest BCUT2D eigenvalue weighted by Crippen LogP contribution is -2.44. The number of rotatable bonds is 4. The van der Waals surface area contributed by atoms with E-state index in [1.807, 2.05) is 6.07 Å². The fourth-order valence-corrected chi connectivity index (χ4v) is 1.47. The first kappa shape index (κ1) is 13.7. The van der Waals surface area contributed by atoms with Crippen molar-refractivity contribution in [2.45, 2.75) is 19.9 Å². The van der Waals surface area contributed by atoms with Gasteiger partial charge in [-0.2, -0.15) is 5.26 Å². The normalized spacial score (nSPS) is 11.7. The smallest absolute Gasteiger partial charge is 0.326 e. The molecule has 0 aliphatic heterocycles. The number of carboxylic acid groups (broad SMARTS) is 1. The summed E-state index contributed by atoms with van der Waals surface area (Å²) in [5.74, 6) is -1.78. The zero-order valence-electron chi connectivity index (χ0n) is 10.2. The van der Waals surface area contributed by atoms with Gasteiger partial charge in [0.2, 0.25) is 0 Å². The molecule has 0 unspecified atom stereocenters. The molecule has 5 heteroatoms. The molecule has 18 heavy (non-hydrogen) atoms. The van der Waals surface area contributed by atoms with Crippen LogP contribution in [-0.2, 0) is 4.79 Å². The van der Waals surface area contributed by atoms with Gasteiger partial charge >= 0.3 is 5.97 Å². The predicted octanol–water partition coefficient (Wildman–Crippen LogP) is 1.40. The van der Waals surface area contributed by atoms with Gasteiger partial charge in [-0.25, -0.2) is 4.79 Å². The van der Waals surface area contributed by atoms with E-state index in [0.29, 0.717) is 5.56 Å². The van der Waals surface area contributed by atoms with Gasteiger partial charge < -0.3 is 10.4 Å². The number of carbonyl (C=O) groups is 2. The van der Waals surface area contributed by atoms with Crippen LogP contribution < -0.4 is 5.32 Å². The van der Waals surface area contributed by atoms with Crippen LogP contribution in [0.3, 0.4) is 0 Å². The highest BCUT2D eigenvalue weighted by Gasteiger charge is 2.23.